The van der Waals surface area contributed by atoms with Gasteiger partial charge in [0.1, 0.15) is 0 Å². The van der Waals surface area contributed by atoms with Crippen molar-refractivity contribution in [2.75, 3.05) is 5.43 Å². The van der Waals surface area contributed by atoms with E-state index in [-0.39, 0.29) is 0 Å². The summed E-state index contributed by atoms with van der Waals surface area (Å²) in [5.74, 6) is 0. The van der Waals surface area contributed by atoms with E-state index in [9.17, 15) is 4.79 Å². The number of anilines is 1. The maximum atomic E-state index is 11.0. The van der Waals surface area contributed by atoms with Crippen molar-refractivity contribution in [2.45, 2.75) is 0 Å². The third-order valence-electron chi connectivity index (χ3n) is 2.74. The van der Waals surface area contributed by atoms with Gasteiger partial charge in [0.2, 0.25) is 0 Å². The van der Waals surface area contributed by atoms with Crippen LogP contribution in [0.2, 0.25) is 0 Å². The molecule has 3 aromatic rings. The topological polar surface area (TPSA) is 46.9 Å². The van der Waals surface area contributed by atoms with E-state index in [1.807, 2.05) is 42.5 Å². The normalized spacial score (nSPS) is 10.4. The number of rotatable bonds is 3. The summed E-state index contributed by atoms with van der Waals surface area (Å²) in [7, 11) is 0. The number of carbonyl (C=O) groups excluding carboxylic acids is 1. The van der Waals surface area contributed by atoms with Gasteiger partial charge in [0.25, 0.3) is 0 Å². The molecule has 0 saturated carbocycles. The number of carbonyl (C=O) groups is 1. The highest BCUT2D eigenvalue weighted by Crippen LogP contribution is 2.18. The van der Waals surface area contributed by atoms with Crippen molar-refractivity contribution in [3.05, 3.63) is 60.4 Å². The van der Waals surface area contributed by atoms with E-state index in [4.69, 9.17) is 0 Å². The summed E-state index contributed by atoms with van der Waals surface area (Å²) >= 11 is 0. The molecule has 0 atom stereocenters. The minimum absolute atomic E-state index is 0.626. The molecule has 0 amide bonds. The van der Waals surface area contributed by atoms with Gasteiger partial charge in [-0.1, -0.05) is 18.2 Å². The van der Waals surface area contributed by atoms with E-state index < -0.39 is 0 Å². The lowest BCUT2D eigenvalue weighted by Gasteiger charge is -2.07. The van der Waals surface area contributed by atoms with Gasteiger partial charge in [0.15, 0.2) is 11.9 Å². The van der Waals surface area contributed by atoms with Crippen LogP contribution in [0, 0.1) is 0 Å². The van der Waals surface area contributed by atoms with Gasteiger partial charge in [-0.3, -0.25) is 10.2 Å². The first-order valence-corrected chi connectivity index (χ1v) is 5.62. The fourth-order valence-corrected chi connectivity index (χ4v) is 1.91. The van der Waals surface area contributed by atoms with Gasteiger partial charge in [-0.05, 0) is 24.3 Å². The first-order chi connectivity index (χ1) is 8.88. The van der Waals surface area contributed by atoms with Crippen LogP contribution in [0.4, 0.5) is 5.69 Å². The second kappa shape index (κ2) is 4.33. The Balaban J connectivity index is 2.10. The van der Waals surface area contributed by atoms with Gasteiger partial charge < -0.3 is 0 Å². The molecule has 0 spiro atoms. The number of fused-ring (bicyclic) bond motifs is 1. The molecular weight excluding hydrogens is 226 g/mol. The molecule has 0 aliphatic rings. The lowest BCUT2D eigenvalue weighted by atomic mass is 10.2. The number of nitrogens with one attached hydrogen (secondary N) is 1. The molecule has 0 unspecified atom stereocenters. The molecule has 0 radical (unpaired) electrons. The van der Waals surface area contributed by atoms with Crippen LogP contribution < -0.4 is 5.43 Å². The minimum atomic E-state index is 0.626. The molecule has 3 rings (SSSR count). The predicted molar refractivity (Wildman–Crippen MR) is 70.6 cm³/mol. The number of aldehydes is 1. The molecule has 2 heterocycles. The monoisotopic (exact) mass is 237 g/mol. The van der Waals surface area contributed by atoms with Crippen molar-refractivity contribution in [1.82, 2.24) is 9.66 Å². The number of benzene rings is 1. The summed E-state index contributed by atoms with van der Waals surface area (Å²) in [6.45, 7) is 0. The number of pyridine rings is 1. The molecule has 2 aromatic heterocycles. The summed E-state index contributed by atoms with van der Waals surface area (Å²) < 4.78 is 1.76. The molecule has 88 valence electrons. The van der Waals surface area contributed by atoms with E-state index in [0.29, 0.717) is 5.56 Å². The van der Waals surface area contributed by atoms with Gasteiger partial charge in [-0.25, -0.2) is 9.66 Å². The average Bonchev–Trinajstić information content (AvgIpc) is 2.78. The second-order valence-electron chi connectivity index (χ2n) is 3.92. The van der Waals surface area contributed by atoms with E-state index in [1.54, 1.807) is 17.1 Å². The Morgan fingerprint density at radius 1 is 1.11 bits per heavy atom. The Morgan fingerprint density at radius 3 is 2.72 bits per heavy atom. The van der Waals surface area contributed by atoms with Crippen LogP contribution in [0.5, 0.6) is 0 Å². The summed E-state index contributed by atoms with van der Waals surface area (Å²) in [5.41, 5.74) is 5.50. The fraction of sp³-hybridized carbons (Fsp3) is 0. The van der Waals surface area contributed by atoms with E-state index in [1.165, 1.54) is 0 Å². The summed E-state index contributed by atoms with van der Waals surface area (Å²) in [6.07, 6.45) is 4.30. The first kappa shape index (κ1) is 10.5. The van der Waals surface area contributed by atoms with Crippen LogP contribution >= 0.6 is 0 Å². The zero-order valence-electron chi connectivity index (χ0n) is 9.58. The molecule has 18 heavy (non-hydrogen) atoms. The van der Waals surface area contributed by atoms with Crippen LogP contribution in [0.1, 0.15) is 10.4 Å². The highest BCUT2D eigenvalue weighted by atomic mass is 16.1. The van der Waals surface area contributed by atoms with E-state index in [0.717, 1.165) is 23.0 Å². The molecule has 4 nitrogen and oxygen atoms in total. The summed E-state index contributed by atoms with van der Waals surface area (Å²) in [4.78, 5) is 15.3. The van der Waals surface area contributed by atoms with Crippen molar-refractivity contribution in [3.63, 3.8) is 0 Å². The second-order valence-corrected chi connectivity index (χ2v) is 3.92. The number of hydrogen-bond acceptors (Lipinski definition) is 3. The number of nitrogens with zero attached hydrogens (tertiary/aromatic N) is 2. The Labute approximate surface area is 104 Å². The zero-order chi connectivity index (χ0) is 12.4. The molecule has 1 N–H and O–H groups in total. The zero-order valence-corrected chi connectivity index (χ0v) is 9.58. The molecule has 1 aromatic carbocycles. The molecule has 0 fully saturated rings. The predicted octanol–water partition coefficient (Wildman–Crippen LogP) is 2.72. The lowest BCUT2D eigenvalue weighted by Crippen LogP contribution is -2.07. The molecular formula is C14H11N3O. The van der Waals surface area contributed by atoms with Crippen molar-refractivity contribution >= 4 is 23.0 Å². The number of aromatic nitrogens is 2. The average molecular weight is 237 g/mol. The standard InChI is InChI=1S/C14H11N3O/c18-10-11-9-17(14-13(11)7-4-8-15-14)16-12-5-2-1-3-6-12/h1-10,16H. The third kappa shape index (κ3) is 1.73. The Morgan fingerprint density at radius 2 is 1.94 bits per heavy atom. The number of para-hydroxylation sites is 1. The van der Waals surface area contributed by atoms with Crippen LogP contribution in [-0.2, 0) is 0 Å². The maximum absolute atomic E-state index is 11.0. The van der Waals surface area contributed by atoms with Crippen molar-refractivity contribution < 1.29 is 4.79 Å². The SMILES string of the molecule is O=Cc1cn(Nc2ccccc2)c2ncccc12. The quantitative estimate of drug-likeness (QED) is 0.712. The van der Waals surface area contributed by atoms with Crippen LogP contribution in [0.15, 0.2) is 54.9 Å². The smallest absolute Gasteiger partial charge is 0.159 e. The Hall–Kier alpha value is -2.62. The van der Waals surface area contributed by atoms with Crippen molar-refractivity contribution in [3.8, 4) is 0 Å². The van der Waals surface area contributed by atoms with Crippen molar-refractivity contribution in [2.24, 2.45) is 0 Å². The van der Waals surface area contributed by atoms with Gasteiger partial charge >= 0.3 is 0 Å². The van der Waals surface area contributed by atoms with Gasteiger partial charge in [-0.2, -0.15) is 0 Å². The van der Waals surface area contributed by atoms with E-state index in [2.05, 4.69) is 10.4 Å². The molecule has 0 saturated heterocycles. The number of hydrogen-bond donors (Lipinski definition) is 1. The van der Waals surface area contributed by atoms with Crippen molar-refractivity contribution in [1.29, 1.82) is 0 Å². The summed E-state index contributed by atoms with van der Waals surface area (Å²) in [5, 5.41) is 0.843. The lowest BCUT2D eigenvalue weighted by molar-refractivity contribution is 0.112. The Bertz CT molecular complexity index is 689. The van der Waals surface area contributed by atoms with Crippen LogP contribution in [0.25, 0.3) is 11.0 Å². The molecule has 4 heteroatoms. The molecule has 0 aliphatic carbocycles. The van der Waals surface area contributed by atoms with Crippen LogP contribution in [-0.4, -0.2) is 15.9 Å². The largest absolute Gasteiger partial charge is 0.298 e. The van der Waals surface area contributed by atoms with Crippen LogP contribution in [0.3, 0.4) is 0 Å². The van der Waals surface area contributed by atoms with Gasteiger partial charge in [0, 0.05) is 23.3 Å². The Kier molecular flexibility index (Phi) is 2.53. The fourth-order valence-electron chi connectivity index (χ4n) is 1.91. The molecule has 0 aliphatic heterocycles. The molecule has 0 bridgehead atoms. The summed E-state index contributed by atoms with van der Waals surface area (Å²) in [6, 6.07) is 13.5. The third-order valence-corrected chi connectivity index (χ3v) is 2.74. The highest BCUT2D eigenvalue weighted by Gasteiger charge is 2.08. The minimum Gasteiger partial charge on any atom is -0.298 e. The van der Waals surface area contributed by atoms with Gasteiger partial charge in [0.05, 0.1) is 5.69 Å². The maximum Gasteiger partial charge on any atom is 0.159 e. The van der Waals surface area contributed by atoms with Gasteiger partial charge in [-0.15, -0.1) is 0 Å². The highest BCUT2D eigenvalue weighted by molar-refractivity contribution is 5.96. The van der Waals surface area contributed by atoms with E-state index >= 15 is 0 Å². The first-order valence-electron chi connectivity index (χ1n) is 5.62.